The summed E-state index contributed by atoms with van der Waals surface area (Å²) in [5, 5.41) is 17.0. The van der Waals surface area contributed by atoms with Crippen LogP contribution in [-0.4, -0.2) is 107 Å². The molecule has 4 heterocycles. The number of hydrogen-bond donors (Lipinski definition) is 3. The topological polar surface area (TPSA) is 90.7 Å². The smallest absolute Gasteiger partial charge is 0.390 e. The number of aromatic nitrogens is 3. The van der Waals surface area contributed by atoms with E-state index in [2.05, 4.69) is 65.4 Å². The van der Waals surface area contributed by atoms with Gasteiger partial charge in [-0.1, -0.05) is 24.3 Å². The van der Waals surface area contributed by atoms with Gasteiger partial charge >= 0.3 is 6.18 Å². The third kappa shape index (κ3) is 8.08. The van der Waals surface area contributed by atoms with Gasteiger partial charge in [0.1, 0.15) is 5.65 Å². The van der Waals surface area contributed by atoms with E-state index in [1.807, 2.05) is 0 Å². The highest BCUT2D eigenvalue weighted by Crippen LogP contribution is 2.37. The average Bonchev–Trinajstić information content (AvgIpc) is 3.67. The van der Waals surface area contributed by atoms with Crippen LogP contribution in [0.5, 0.6) is 0 Å². The van der Waals surface area contributed by atoms with Gasteiger partial charge in [0.25, 0.3) is 0 Å². The van der Waals surface area contributed by atoms with Crippen LogP contribution in [0.4, 0.5) is 19.1 Å². The number of nitrogens with one attached hydrogen (secondary N) is 2. The summed E-state index contributed by atoms with van der Waals surface area (Å²) in [4.78, 5) is 14.0. The second-order valence-corrected chi connectivity index (χ2v) is 12.4. The van der Waals surface area contributed by atoms with E-state index < -0.39 is 12.6 Å². The van der Waals surface area contributed by atoms with Gasteiger partial charge < -0.3 is 25.0 Å². The van der Waals surface area contributed by atoms with Gasteiger partial charge in [0, 0.05) is 81.7 Å². The highest BCUT2D eigenvalue weighted by Gasteiger charge is 2.27. The molecular weight excluding hydrogens is 571 g/mol. The molecule has 1 saturated carbocycles. The Kier molecular flexibility index (Phi) is 10.0. The fraction of sp³-hybridized carbons (Fsp3) is 0.625. The van der Waals surface area contributed by atoms with Crippen LogP contribution in [-0.2, 0) is 11.3 Å². The fourth-order valence-electron chi connectivity index (χ4n) is 6.61. The van der Waals surface area contributed by atoms with Crippen molar-refractivity contribution in [2.75, 3.05) is 64.3 Å². The Hall–Kier alpha value is -2.77. The van der Waals surface area contributed by atoms with E-state index in [0.717, 1.165) is 108 Å². The van der Waals surface area contributed by atoms with Gasteiger partial charge in [0.2, 0.25) is 5.95 Å². The SMILES string of the molecule is O[C@H]1CC[C@H](n2cc(-c3ccc(CN4CCN(CCOC5CCNC5)CC4)cc3)c3cnc(NCCC(F)(F)F)nc32)CC1. The molecule has 6 rings (SSSR count). The first-order valence-corrected chi connectivity index (χ1v) is 16.0. The maximum absolute atomic E-state index is 12.7. The molecular formula is C32H44F3N7O2. The third-order valence-corrected chi connectivity index (χ3v) is 9.23. The summed E-state index contributed by atoms with van der Waals surface area (Å²) in [6.07, 6.45) is 2.90. The molecule has 9 nitrogen and oxygen atoms in total. The minimum absolute atomic E-state index is 0.164. The monoisotopic (exact) mass is 615 g/mol. The van der Waals surface area contributed by atoms with Crippen LogP contribution in [0.25, 0.3) is 22.2 Å². The Bertz CT molecular complexity index is 1340. The van der Waals surface area contributed by atoms with Crippen LogP contribution < -0.4 is 10.6 Å². The molecule has 2 saturated heterocycles. The van der Waals surface area contributed by atoms with Gasteiger partial charge in [0.05, 0.1) is 25.2 Å². The lowest BCUT2D eigenvalue weighted by Gasteiger charge is -2.34. The van der Waals surface area contributed by atoms with Crippen molar-refractivity contribution in [3.8, 4) is 11.1 Å². The van der Waals surface area contributed by atoms with Crippen molar-refractivity contribution >= 4 is 17.0 Å². The molecule has 0 radical (unpaired) electrons. The lowest BCUT2D eigenvalue weighted by atomic mass is 9.93. The number of fused-ring (bicyclic) bond motifs is 1. The molecule has 240 valence electrons. The van der Waals surface area contributed by atoms with Crippen molar-refractivity contribution in [1.82, 2.24) is 29.7 Å². The zero-order chi connectivity index (χ0) is 30.5. The predicted octanol–water partition coefficient (Wildman–Crippen LogP) is 4.43. The van der Waals surface area contributed by atoms with E-state index in [1.54, 1.807) is 6.20 Å². The van der Waals surface area contributed by atoms with Gasteiger partial charge in [-0.05, 0) is 49.8 Å². The zero-order valence-electron chi connectivity index (χ0n) is 25.2. The molecule has 0 bridgehead atoms. The molecule has 44 heavy (non-hydrogen) atoms. The largest absolute Gasteiger partial charge is 0.393 e. The molecule has 1 aromatic carbocycles. The number of aliphatic hydroxyl groups is 1. The van der Waals surface area contributed by atoms with Crippen LogP contribution in [0.15, 0.2) is 36.7 Å². The van der Waals surface area contributed by atoms with E-state index in [0.29, 0.717) is 11.8 Å². The Labute approximate surface area is 256 Å². The van der Waals surface area contributed by atoms with Crippen LogP contribution >= 0.6 is 0 Å². The standard InChI is InChI=1S/C32H44F3N7O2/c33-32(34,35)10-12-37-31-38-20-28-29(22-42(30(28)39-31)25-5-7-26(43)8-6-25)24-3-1-23(2-4-24)21-41-15-13-40(14-16-41)17-18-44-27-9-11-36-19-27/h1-4,20,22,25-27,36,43H,5-19,21H2,(H,37,38,39)/t25-,26-,27?. The molecule has 1 unspecified atom stereocenters. The molecule has 3 aliphatic rings. The molecule has 12 heteroatoms. The number of anilines is 1. The van der Waals surface area contributed by atoms with Crippen molar-refractivity contribution in [2.45, 2.75) is 69.5 Å². The van der Waals surface area contributed by atoms with Crippen molar-refractivity contribution in [1.29, 1.82) is 0 Å². The van der Waals surface area contributed by atoms with Crippen LogP contribution in [0.2, 0.25) is 0 Å². The summed E-state index contributed by atoms with van der Waals surface area (Å²) in [5.74, 6) is 0.192. The van der Waals surface area contributed by atoms with Crippen molar-refractivity contribution in [3.63, 3.8) is 0 Å². The number of halogens is 3. The van der Waals surface area contributed by atoms with Crippen molar-refractivity contribution in [3.05, 3.63) is 42.2 Å². The van der Waals surface area contributed by atoms with Gasteiger partial charge in [-0.15, -0.1) is 0 Å². The fourth-order valence-corrected chi connectivity index (χ4v) is 6.61. The summed E-state index contributed by atoms with van der Waals surface area (Å²) in [6.45, 7) is 8.62. The molecule has 3 aromatic rings. The molecule has 3 fully saturated rings. The lowest BCUT2D eigenvalue weighted by molar-refractivity contribution is -0.131. The number of hydrogen-bond acceptors (Lipinski definition) is 8. The second-order valence-electron chi connectivity index (χ2n) is 12.4. The van der Waals surface area contributed by atoms with Gasteiger partial charge in [-0.2, -0.15) is 18.2 Å². The minimum Gasteiger partial charge on any atom is -0.393 e. The average molecular weight is 616 g/mol. The van der Waals surface area contributed by atoms with Crippen molar-refractivity contribution < 1.29 is 23.0 Å². The second kappa shape index (κ2) is 14.1. The van der Waals surface area contributed by atoms with E-state index >= 15 is 0 Å². The Morgan fingerprint density at radius 3 is 2.45 bits per heavy atom. The number of alkyl halides is 3. The van der Waals surface area contributed by atoms with Gasteiger partial charge in [0.15, 0.2) is 0 Å². The molecule has 3 N–H and O–H groups in total. The number of rotatable bonds is 11. The summed E-state index contributed by atoms with van der Waals surface area (Å²) in [5.41, 5.74) is 4.02. The first kappa shape index (κ1) is 31.2. The number of aliphatic hydroxyl groups excluding tert-OH is 1. The van der Waals surface area contributed by atoms with Gasteiger partial charge in [-0.25, -0.2) is 4.98 Å². The number of benzene rings is 1. The lowest BCUT2D eigenvalue weighted by Crippen LogP contribution is -2.47. The molecule has 0 amide bonds. The first-order valence-electron chi connectivity index (χ1n) is 16.0. The molecule has 2 aliphatic heterocycles. The quantitative estimate of drug-likeness (QED) is 0.292. The molecule has 1 atom stereocenters. The minimum atomic E-state index is -4.24. The van der Waals surface area contributed by atoms with Crippen LogP contribution in [0.1, 0.15) is 50.1 Å². The molecule has 2 aromatic heterocycles. The van der Waals surface area contributed by atoms with E-state index in [1.165, 1.54) is 5.56 Å². The Morgan fingerprint density at radius 1 is 1.00 bits per heavy atom. The number of piperazine rings is 1. The van der Waals surface area contributed by atoms with Crippen molar-refractivity contribution in [2.24, 2.45) is 0 Å². The Balaban J connectivity index is 1.10. The van der Waals surface area contributed by atoms with E-state index in [-0.39, 0.29) is 24.6 Å². The number of nitrogens with zero attached hydrogens (tertiary/aromatic N) is 5. The number of ether oxygens (including phenoxy) is 1. The summed E-state index contributed by atoms with van der Waals surface area (Å²) in [6, 6.07) is 8.80. The highest BCUT2D eigenvalue weighted by molar-refractivity contribution is 5.94. The first-order chi connectivity index (χ1) is 21.3. The van der Waals surface area contributed by atoms with E-state index in [4.69, 9.17) is 4.74 Å². The van der Waals surface area contributed by atoms with Crippen LogP contribution in [0, 0.1) is 0 Å². The highest BCUT2D eigenvalue weighted by atomic mass is 19.4. The zero-order valence-corrected chi connectivity index (χ0v) is 25.2. The summed E-state index contributed by atoms with van der Waals surface area (Å²) < 4.78 is 46.2. The van der Waals surface area contributed by atoms with E-state index in [9.17, 15) is 18.3 Å². The maximum atomic E-state index is 12.7. The molecule has 1 aliphatic carbocycles. The predicted molar refractivity (Wildman–Crippen MR) is 165 cm³/mol. The Morgan fingerprint density at radius 2 is 1.75 bits per heavy atom. The van der Waals surface area contributed by atoms with Crippen LogP contribution in [0.3, 0.4) is 0 Å². The molecule has 0 spiro atoms. The maximum Gasteiger partial charge on any atom is 0.390 e. The van der Waals surface area contributed by atoms with Gasteiger partial charge in [-0.3, -0.25) is 9.80 Å². The summed E-state index contributed by atoms with van der Waals surface area (Å²) >= 11 is 0. The normalized spacial score (nSPS) is 23.9. The summed E-state index contributed by atoms with van der Waals surface area (Å²) in [7, 11) is 0. The third-order valence-electron chi connectivity index (χ3n) is 9.23.